The second-order valence-electron chi connectivity index (χ2n) is 8.05. The third-order valence-corrected chi connectivity index (χ3v) is 5.90. The molecule has 2 fully saturated rings. The van der Waals surface area contributed by atoms with Crippen molar-refractivity contribution in [3.05, 3.63) is 53.7 Å². The van der Waals surface area contributed by atoms with Gasteiger partial charge < -0.3 is 14.2 Å². The molecule has 2 saturated heterocycles. The van der Waals surface area contributed by atoms with Crippen LogP contribution in [0.5, 0.6) is 0 Å². The zero-order chi connectivity index (χ0) is 20.1. The van der Waals surface area contributed by atoms with Gasteiger partial charge in [0.15, 0.2) is 0 Å². The molecular formula is C23H29N3O3. The number of benzene rings is 1. The molecule has 29 heavy (non-hydrogen) atoms. The Morgan fingerprint density at radius 3 is 2.76 bits per heavy atom. The smallest absolute Gasteiger partial charge is 0.242 e. The lowest BCUT2D eigenvalue weighted by atomic mass is 10.0. The van der Waals surface area contributed by atoms with E-state index in [1.165, 1.54) is 5.56 Å². The van der Waals surface area contributed by atoms with Gasteiger partial charge >= 0.3 is 0 Å². The van der Waals surface area contributed by atoms with Crippen LogP contribution in [0.15, 0.2) is 40.9 Å². The second-order valence-corrected chi connectivity index (χ2v) is 8.05. The Bertz CT molecular complexity index is 833. The molecule has 0 bridgehead atoms. The highest BCUT2D eigenvalue weighted by Crippen LogP contribution is 2.31. The summed E-state index contributed by atoms with van der Waals surface area (Å²) in [5.74, 6) is 1.54. The number of hydrogen-bond donors (Lipinski definition) is 0. The Morgan fingerprint density at radius 2 is 1.90 bits per heavy atom. The summed E-state index contributed by atoms with van der Waals surface area (Å²) in [7, 11) is 0. The van der Waals surface area contributed by atoms with Gasteiger partial charge in [-0.05, 0) is 37.7 Å². The van der Waals surface area contributed by atoms with Crippen molar-refractivity contribution in [1.29, 1.82) is 0 Å². The maximum Gasteiger partial charge on any atom is 0.242 e. The van der Waals surface area contributed by atoms with Crippen molar-refractivity contribution in [1.82, 2.24) is 14.8 Å². The third-order valence-electron chi connectivity index (χ3n) is 5.90. The Kier molecular flexibility index (Phi) is 6.27. The number of piperidine rings is 1. The summed E-state index contributed by atoms with van der Waals surface area (Å²) in [4.78, 5) is 33.5. The summed E-state index contributed by atoms with van der Waals surface area (Å²) in [6.45, 7) is 1.55. The lowest BCUT2D eigenvalue weighted by Crippen LogP contribution is -2.46. The van der Waals surface area contributed by atoms with Gasteiger partial charge in [-0.25, -0.2) is 4.98 Å². The molecule has 6 heteroatoms. The van der Waals surface area contributed by atoms with E-state index >= 15 is 0 Å². The molecule has 0 unspecified atom stereocenters. The summed E-state index contributed by atoms with van der Waals surface area (Å²) < 4.78 is 6.05. The van der Waals surface area contributed by atoms with Crippen LogP contribution in [0.25, 0.3) is 0 Å². The number of amides is 2. The Labute approximate surface area is 171 Å². The minimum Gasteiger partial charge on any atom is -0.443 e. The summed E-state index contributed by atoms with van der Waals surface area (Å²) >= 11 is 0. The van der Waals surface area contributed by atoms with Gasteiger partial charge in [-0.15, -0.1) is 0 Å². The van der Waals surface area contributed by atoms with E-state index in [9.17, 15) is 9.59 Å². The number of carbonyl (C=O) groups is 2. The van der Waals surface area contributed by atoms with E-state index < -0.39 is 0 Å². The van der Waals surface area contributed by atoms with E-state index in [4.69, 9.17) is 4.42 Å². The topological polar surface area (TPSA) is 66.7 Å². The van der Waals surface area contributed by atoms with Crippen LogP contribution in [-0.2, 0) is 16.0 Å². The second kappa shape index (κ2) is 9.25. The maximum atomic E-state index is 13.1. The van der Waals surface area contributed by atoms with Crippen molar-refractivity contribution in [2.75, 3.05) is 19.6 Å². The molecule has 4 rings (SSSR count). The Balaban J connectivity index is 1.44. The van der Waals surface area contributed by atoms with Crippen molar-refractivity contribution in [2.24, 2.45) is 0 Å². The minimum atomic E-state index is -0.136. The van der Waals surface area contributed by atoms with Crippen LogP contribution in [0.4, 0.5) is 0 Å². The number of carbonyl (C=O) groups excluding carboxylic acids is 2. The van der Waals surface area contributed by atoms with Gasteiger partial charge in [0.25, 0.3) is 0 Å². The van der Waals surface area contributed by atoms with Crippen molar-refractivity contribution in [2.45, 2.75) is 57.4 Å². The number of rotatable bonds is 5. The van der Waals surface area contributed by atoms with Gasteiger partial charge in [0, 0.05) is 25.9 Å². The summed E-state index contributed by atoms with van der Waals surface area (Å²) in [6, 6.07) is 10.0. The number of oxazole rings is 1. The highest BCUT2D eigenvalue weighted by Gasteiger charge is 2.33. The molecule has 0 radical (unpaired) electrons. The fourth-order valence-electron chi connectivity index (χ4n) is 4.30. The Hall–Kier alpha value is -2.63. The van der Waals surface area contributed by atoms with E-state index in [0.29, 0.717) is 31.8 Å². The molecule has 1 atom stereocenters. The van der Waals surface area contributed by atoms with Crippen LogP contribution in [-0.4, -0.2) is 46.2 Å². The van der Waals surface area contributed by atoms with Crippen LogP contribution >= 0.6 is 0 Å². The molecule has 1 aromatic carbocycles. The first-order valence-corrected chi connectivity index (χ1v) is 10.8. The monoisotopic (exact) mass is 395 g/mol. The molecule has 2 aliphatic rings. The first kappa shape index (κ1) is 19.7. The summed E-state index contributed by atoms with van der Waals surface area (Å²) in [5, 5.41) is 0. The average molecular weight is 396 g/mol. The molecular weight excluding hydrogens is 366 g/mol. The van der Waals surface area contributed by atoms with Crippen LogP contribution in [0.2, 0.25) is 0 Å². The number of hydrogen-bond acceptors (Lipinski definition) is 4. The predicted octanol–water partition coefficient (Wildman–Crippen LogP) is 3.72. The fraction of sp³-hybridized carbons (Fsp3) is 0.522. The molecule has 2 amide bonds. The van der Waals surface area contributed by atoms with E-state index in [-0.39, 0.29) is 24.4 Å². The highest BCUT2D eigenvalue weighted by molar-refractivity contribution is 5.85. The van der Waals surface area contributed by atoms with Crippen molar-refractivity contribution in [3.8, 4) is 0 Å². The van der Waals surface area contributed by atoms with E-state index in [1.54, 1.807) is 11.1 Å². The standard InChI is InChI=1S/C23H29N3O3/c27-21-12-5-2-7-13-25(21)17-22(28)26-14-8-6-11-20(26)23-24-16-19(29-23)15-18-9-3-1-4-10-18/h1,3-4,9-10,16,20H,2,5-8,11-15,17H2/t20-/m0/s1. The largest absolute Gasteiger partial charge is 0.443 e. The Morgan fingerprint density at radius 1 is 1.07 bits per heavy atom. The zero-order valence-corrected chi connectivity index (χ0v) is 16.9. The van der Waals surface area contributed by atoms with Crippen LogP contribution in [0.3, 0.4) is 0 Å². The lowest BCUT2D eigenvalue weighted by molar-refractivity contribution is -0.143. The van der Waals surface area contributed by atoms with E-state index in [0.717, 1.165) is 44.3 Å². The summed E-state index contributed by atoms with van der Waals surface area (Å²) in [6.07, 6.45) is 8.87. The van der Waals surface area contributed by atoms with Gasteiger partial charge in [0.1, 0.15) is 11.8 Å². The highest BCUT2D eigenvalue weighted by atomic mass is 16.4. The molecule has 154 valence electrons. The first-order valence-electron chi connectivity index (χ1n) is 10.8. The molecule has 1 aromatic heterocycles. The van der Waals surface area contributed by atoms with Crippen LogP contribution in [0, 0.1) is 0 Å². The van der Waals surface area contributed by atoms with Crippen LogP contribution in [0.1, 0.15) is 68.2 Å². The average Bonchev–Trinajstić information content (AvgIpc) is 3.12. The predicted molar refractivity (Wildman–Crippen MR) is 109 cm³/mol. The van der Waals surface area contributed by atoms with Gasteiger partial charge in [0.2, 0.25) is 17.7 Å². The van der Waals surface area contributed by atoms with Crippen LogP contribution < -0.4 is 0 Å². The first-order chi connectivity index (χ1) is 14.2. The molecule has 0 saturated carbocycles. The van der Waals surface area contributed by atoms with Gasteiger partial charge in [0.05, 0.1) is 12.7 Å². The van der Waals surface area contributed by atoms with Crippen molar-refractivity contribution in [3.63, 3.8) is 0 Å². The van der Waals surface area contributed by atoms with Crippen molar-refractivity contribution < 1.29 is 14.0 Å². The fourth-order valence-corrected chi connectivity index (χ4v) is 4.30. The summed E-state index contributed by atoms with van der Waals surface area (Å²) in [5.41, 5.74) is 1.17. The molecule has 0 N–H and O–H groups in total. The van der Waals surface area contributed by atoms with Gasteiger partial charge in [-0.2, -0.15) is 0 Å². The molecule has 3 heterocycles. The maximum absolute atomic E-state index is 13.1. The molecule has 2 aromatic rings. The zero-order valence-electron chi connectivity index (χ0n) is 16.9. The van der Waals surface area contributed by atoms with Gasteiger partial charge in [-0.1, -0.05) is 36.8 Å². The van der Waals surface area contributed by atoms with E-state index in [1.807, 2.05) is 23.1 Å². The van der Waals surface area contributed by atoms with Crippen molar-refractivity contribution >= 4 is 11.8 Å². The third kappa shape index (κ3) is 4.86. The lowest BCUT2D eigenvalue weighted by Gasteiger charge is -2.35. The van der Waals surface area contributed by atoms with E-state index in [2.05, 4.69) is 17.1 Å². The normalized spacial score (nSPS) is 20.6. The van der Waals surface area contributed by atoms with Gasteiger partial charge in [-0.3, -0.25) is 9.59 Å². The number of nitrogens with zero attached hydrogens (tertiary/aromatic N) is 3. The quantitative estimate of drug-likeness (QED) is 0.774. The minimum absolute atomic E-state index is 0.00718. The molecule has 0 spiro atoms. The molecule has 2 aliphatic heterocycles. The molecule has 0 aliphatic carbocycles. The SMILES string of the molecule is O=C1CCCCCN1CC(=O)N1CCCC[C@H]1c1ncc(Cc2ccccc2)o1. The molecule has 6 nitrogen and oxygen atoms in total. The number of likely N-dealkylation sites (tertiary alicyclic amines) is 2. The number of aromatic nitrogens is 1.